The predicted molar refractivity (Wildman–Crippen MR) is 107 cm³/mol. The first kappa shape index (κ1) is 26.5. The molecule has 0 saturated heterocycles. The molecule has 8 N–H and O–H groups in total. The molecule has 0 radical (unpaired) electrons. The number of hydrogen-bond donors (Lipinski definition) is 8. The summed E-state index contributed by atoms with van der Waals surface area (Å²) in [6.07, 6.45) is 0.852. The first-order valence-electron chi connectivity index (χ1n) is 8.37. The molecule has 0 fully saturated rings. The van der Waals surface area contributed by atoms with Crippen LogP contribution in [0.4, 0.5) is 0 Å². The Morgan fingerprint density at radius 2 is 1.54 bits per heavy atom. The summed E-state index contributed by atoms with van der Waals surface area (Å²) in [5, 5.41) is 34.2. The highest BCUT2D eigenvalue weighted by Crippen LogP contribution is 2.03. The van der Waals surface area contributed by atoms with E-state index in [2.05, 4.69) is 28.6 Å². The molecule has 5 atom stereocenters. The molecule has 0 saturated carbocycles. The van der Waals surface area contributed by atoms with Crippen LogP contribution in [0.2, 0.25) is 0 Å². The Kier molecular flexibility index (Phi) is 12.9. The second-order valence-electron chi connectivity index (χ2n) is 5.93. The Labute approximate surface area is 172 Å². The van der Waals surface area contributed by atoms with Gasteiger partial charge >= 0.3 is 5.97 Å². The monoisotopic (exact) mass is 440 g/mol. The van der Waals surface area contributed by atoms with Crippen LogP contribution in [0.3, 0.4) is 0 Å². The third kappa shape index (κ3) is 9.10. The zero-order valence-corrected chi connectivity index (χ0v) is 17.3. The van der Waals surface area contributed by atoms with Crippen LogP contribution < -0.4 is 21.7 Å². The van der Waals surface area contributed by atoms with Gasteiger partial charge in [-0.3, -0.25) is 14.4 Å². The number of aliphatic hydroxyl groups is 2. The van der Waals surface area contributed by atoms with Gasteiger partial charge in [-0.25, -0.2) is 4.79 Å². The fraction of sp³-hybridized carbons (Fsp3) is 0.733. The normalized spacial score (nSPS) is 16.2. The van der Waals surface area contributed by atoms with Crippen LogP contribution in [0.5, 0.6) is 0 Å². The minimum Gasteiger partial charge on any atom is -0.480 e. The first-order valence-corrected chi connectivity index (χ1v) is 10.4. The molecule has 11 nitrogen and oxygen atoms in total. The van der Waals surface area contributed by atoms with Crippen molar-refractivity contribution in [1.29, 1.82) is 0 Å². The Morgan fingerprint density at radius 3 is 1.96 bits per heavy atom. The minimum atomic E-state index is -1.51. The second kappa shape index (κ2) is 13.6. The molecule has 0 rings (SSSR count). The number of carboxylic acids is 1. The van der Waals surface area contributed by atoms with Gasteiger partial charge in [0.25, 0.3) is 0 Å². The predicted octanol–water partition coefficient (Wildman–Crippen LogP) is -3.09. The molecule has 13 heteroatoms. The number of thiol groups is 1. The van der Waals surface area contributed by atoms with E-state index in [0.717, 1.165) is 0 Å². The van der Waals surface area contributed by atoms with Gasteiger partial charge in [-0.05, 0) is 25.4 Å². The molecule has 5 unspecified atom stereocenters. The van der Waals surface area contributed by atoms with E-state index in [-0.39, 0.29) is 12.2 Å². The molecule has 0 aromatic rings. The van der Waals surface area contributed by atoms with Crippen LogP contribution in [-0.2, 0) is 19.2 Å². The van der Waals surface area contributed by atoms with Crippen LogP contribution in [0.25, 0.3) is 0 Å². The molecule has 0 aliphatic carbocycles. The molecule has 0 heterocycles. The molecule has 0 aromatic heterocycles. The number of carbonyl (C=O) groups excluding carboxylic acids is 3. The number of nitrogens with two attached hydrogens (primary N) is 1. The Balaban J connectivity index is 5.12. The lowest BCUT2D eigenvalue weighted by Gasteiger charge is -2.24. The fourth-order valence-corrected chi connectivity index (χ4v) is 2.64. The summed E-state index contributed by atoms with van der Waals surface area (Å²) in [7, 11) is 0. The van der Waals surface area contributed by atoms with E-state index in [1.807, 2.05) is 0 Å². The van der Waals surface area contributed by atoms with E-state index in [1.165, 1.54) is 18.7 Å². The minimum absolute atomic E-state index is 0.102. The summed E-state index contributed by atoms with van der Waals surface area (Å²) < 4.78 is 0. The summed E-state index contributed by atoms with van der Waals surface area (Å²) in [5.74, 6) is -3.30. The molecular formula is C15H28N4O7S2. The van der Waals surface area contributed by atoms with E-state index in [4.69, 9.17) is 15.9 Å². The lowest BCUT2D eigenvalue weighted by molar-refractivity contribution is -0.143. The first-order chi connectivity index (χ1) is 13.1. The lowest BCUT2D eigenvalue weighted by Crippen LogP contribution is -2.59. The van der Waals surface area contributed by atoms with E-state index in [0.29, 0.717) is 5.75 Å². The average molecular weight is 441 g/mol. The van der Waals surface area contributed by atoms with Crippen molar-refractivity contribution in [3.05, 3.63) is 0 Å². The molecule has 0 aromatic carbocycles. The largest absolute Gasteiger partial charge is 0.480 e. The lowest BCUT2D eigenvalue weighted by atomic mass is 10.1. The molecule has 162 valence electrons. The number of amides is 3. The third-order valence-corrected chi connectivity index (χ3v) is 4.69. The summed E-state index contributed by atoms with van der Waals surface area (Å²) in [6, 6.07) is -4.96. The van der Waals surface area contributed by atoms with Gasteiger partial charge in [-0.1, -0.05) is 0 Å². The molecule has 3 amide bonds. The van der Waals surface area contributed by atoms with Crippen molar-refractivity contribution in [3.8, 4) is 0 Å². The molecule has 28 heavy (non-hydrogen) atoms. The quantitative estimate of drug-likeness (QED) is 0.137. The van der Waals surface area contributed by atoms with E-state index in [1.54, 1.807) is 6.26 Å². The number of thioether (sulfide) groups is 1. The highest BCUT2D eigenvalue weighted by molar-refractivity contribution is 7.98. The number of carboxylic acid groups (broad SMARTS) is 1. The third-order valence-electron chi connectivity index (χ3n) is 3.68. The second-order valence-corrected chi connectivity index (χ2v) is 7.29. The van der Waals surface area contributed by atoms with Crippen LogP contribution in [0, 0.1) is 0 Å². The number of aliphatic hydroxyl groups excluding tert-OH is 2. The van der Waals surface area contributed by atoms with Crippen molar-refractivity contribution in [2.24, 2.45) is 5.73 Å². The SMILES string of the molecule is CSCCC(NC(=O)C(CS)NC(=O)C(N)C(C)O)C(=O)NC(CO)C(=O)O. The number of nitrogens with one attached hydrogen (secondary N) is 3. The number of rotatable bonds is 13. The van der Waals surface area contributed by atoms with Crippen molar-refractivity contribution in [2.75, 3.05) is 24.4 Å². The van der Waals surface area contributed by atoms with Gasteiger partial charge < -0.3 is 37.0 Å². The van der Waals surface area contributed by atoms with Crippen molar-refractivity contribution in [3.63, 3.8) is 0 Å². The Morgan fingerprint density at radius 1 is 1.04 bits per heavy atom. The topological polar surface area (TPSA) is 191 Å². The summed E-state index contributed by atoms with van der Waals surface area (Å²) in [6.45, 7) is 0.514. The van der Waals surface area contributed by atoms with Gasteiger partial charge in [-0.15, -0.1) is 0 Å². The van der Waals surface area contributed by atoms with Crippen LogP contribution in [-0.4, -0.2) is 93.7 Å². The van der Waals surface area contributed by atoms with E-state index >= 15 is 0 Å². The maximum Gasteiger partial charge on any atom is 0.328 e. The maximum atomic E-state index is 12.4. The van der Waals surface area contributed by atoms with E-state index < -0.39 is 60.6 Å². The molecule has 0 bridgehead atoms. The highest BCUT2D eigenvalue weighted by Gasteiger charge is 2.30. The zero-order chi connectivity index (χ0) is 21.9. The molecular weight excluding hydrogens is 412 g/mol. The van der Waals surface area contributed by atoms with Crippen LogP contribution in [0.1, 0.15) is 13.3 Å². The molecule has 0 aliphatic rings. The van der Waals surface area contributed by atoms with Crippen molar-refractivity contribution in [1.82, 2.24) is 16.0 Å². The molecule has 0 spiro atoms. The Hall–Kier alpha value is -1.54. The summed E-state index contributed by atoms with van der Waals surface area (Å²) >= 11 is 5.41. The summed E-state index contributed by atoms with van der Waals surface area (Å²) in [5.41, 5.74) is 5.51. The maximum absolute atomic E-state index is 12.4. The number of carbonyl (C=O) groups is 4. The van der Waals surface area contributed by atoms with E-state index in [9.17, 15) is 24.3 Å². The fourth-order valence-electron chi connectivity index (χ4n) is 1.92. The van der Waals surface area contributed by atoms with Crippen LogP contribution >= 0.6 is 24.4 Å². The summed E-state index contributed by atoms with van der Waals surface area (Å²) in [4.78, 5) is 47.6. The average Bonchev–Trinajstić information content (AvgIpc) is 2.65. The number of aliphatic carboxylic acids is 1. The zero-order valence-electron chi connectivity index (χ0n) is 15.6. The van der Waals surface area contributed by atoms with Gasteiger partial charge in [0.05, 0.1) is 12.7 Å². The van der Waals surface area contributed by atoms with Crippen LogP contribution in [0.15, 0.2) is 0 Å². The highest BCUT2D eigenvalue weighted by atomic mass is 32.2. The molecule has 0 aliphatic heterocycles. The van der Waals surface area contributed by atoms with Gasteiger partial charge in [-0.2, -0.15) is 24.4 Å². The smallest absolute Gasteiger partial charge is 0.328 e. The van der Waals surface area contributed by atoms with Gasteiger partial charge in [0.15, 0.2) is 0 Å². The van der Waals surface area contributed by atoms with Gasteiger partial charge in [0, 0.05) is 5.75 Å². The standard InChI is InChI=1S/C15H28N4O7S2/c1-7(21)11(16)14(24)19-10(6-27)13(23)17-8(3-4-28-2)12(22)18-9(5-20)15(25)26/h7-11,20-21,27H,3-6,16H2,1-2H3,(H,17,23)(H,18,22)(H,19,24)(H,25,26). The van der Waals surface area contributed by atoms with Crippen molar-refractivity contribution in [2.45, 2.75) is 43.6 Å². The van der Waals surface area contributed by atoms with Crippen molar-refractivity contribution >= 4 is 48.1 Å². The van der Waals surface area contributed by atoms with Gasteiger partial charge in [0.2, 0.25) is 17.7 Å². The van der Waals surface area contributed by atoms with Crippen molar-refractivity contribution < 1.29 is 34.5 Å². The Bertz CT molecular complexity index is 550. The van der Waals surface area contributed by atoms with Gasteiger partial charge in [0.1, 0.15) is 24.2 Å². The number of hydrogen-bond acceptors (Lipinski definition) is 9.